The van der Waals surface area contributed by atoms with Gasteiger partial charge in [0.2, 0.25) is 0 Å². The molecule has 2 fully saturated rings. The fraction of sp³-hybridized carbons (Fsp3) is 0.423. The monoisotopic (exact) mass is 480 g/mol. The van der Waals surface area contributed by atoms with E-state index in [0.717, 1.165) is 18.4 Å². The third kappa shape index (κ3) is 5.08. The number of benzene rings is 1. The number of aryl methyl sites for hydroxylation is 1. The molecule has 2 aliphatic rings. The number of hydrogen-bond donors (Lipinski definition) is 4. The highest BCUT2D eigenvalue weighted by Gasteiger charge is 2.27. The quantitative estimate of drug-likeness (QED) is 0.389. The van der Waals surface area contributed by atoms with Crippen LogP contribution in [0.3, 0.4) is 0 Å². The van der Waals surface area contributed by atoms with Crippen molar-refractivity contribution in [3.63, 3.8) is 0 Å². The molecule has 184 valence electrons. The van der Waals surface area contributed by atoms with Crippen molar-refractivity contribution in [2.45, 2.75) is 57.5 Å². The first kappa shape index (κ1) is 23.1. The summed E-state index contributed by atoms with van der Waals surface area (Å²) in [6, 6.07) is 6.18. The molecule has 0 bridgehead atoms. The first-order valence-corrected chi connectivity index (χ1v) is 12.1. The van der Waals surface area contributed by atoms with Crippen molar-refractivity contribution >= 4 is 23.0 Å². The molecule has 2 heterocycles. The summed E-state index contributed by atoms with van der Waals surface area (Å²) in [4.78, 5) is 31.9. The molecule has 2 saturated carbocycles. The molecule has 4 N–H and O–H groups in total. The molecule has 2 aliphatic carbocycles. The molecule has 0 unspecified atom stereocenters. The zero-order valence-corrected chi connectivity index (χ0v) is 19.6. The summed E-state index contributed by atoms with van der Waals surface area (Å²) in [5.41, 5.74) is 3.67. The Labute approximate surface area is 202 Å². The molecule has 0 aliphatic heterocycles. The number of carbonyl (C=O) groups excluding carboxylic acids is 1. The fourth-order valence-electron chi connectivity index (χ4n) is 4.85. The SMILES string of the molecule is Cc1[nH]c2c(-c3cc(F)ccc3OCC3CC3)ccnc2c1C(=O)N[C@H]1CC[C@H](NC(=O)O)CC1. The first-order chi connectivity index (χ1) is 16.9. The van der Waals surface area contributed by atoms with Gasteiger partial charge in [0.15, 0.2) is 0 Å². The van der Waals surface area contributed by atoms with Gasteiger partial charge in [-0.25, -0.2) is 9.18 Å². The molecule has 35 heavy (non-hydrogen) atoms. The van der Waals surface area contributed by atoms with E-state index in [2.05, 4.69) is 20.6 Å². The van der Waals surface area contributed by atoms with Crippen LogP contribution in [0.25, 0.3) is 22.2 Å². The number of nitrogens with zero attached hydrogens (tertiary/aromatic N) is 1. The van der Waals surface area contributed by atoms with E-state index in [0.29, 0.717) is 71.8 Å². The van der Waals surface area contributed by atoms with E-state index in [1.165, 1.54) is 12.1 Å². The molecule has 2 amide bonds. The second-order valence-corrected chi connectivity index (χ2v) is 9.57. The van der Waals surface area contributed by atoms with E-state index in [4.69, 9.17) is 9.84 Å². The Kier molecular flexibility index (Phi) is 6.32. The number of fused-ring (bicyclic) bond motifs is 1. The van der Waals surface area contributed by atoms with Crippen LogP contribution in [0.4, 0.5) is 9.18 Å². The third-order valence-corrected chi connectivity index (χ3v) is 6.90. The Morgan fingerprint density at radius 1 is 1.09 bits per heavy atom. The predicted octanol–water partition coefficient (Wildman–Crippen LogP) is 4.77. The molecule has 1 aromatic carbocycles. The van der Waals surface area contributed by atoms with Gasteiger partial charge in [-0.15, -0.1) is 0 Å². The Balaban J connectivity index is 1.40. The normalized spacial score (nSPS) is 19.9. The molecule has 0 radical (unpaired) electrons. The van der Waals surface area contributed by atoms with Gasteiger partial charge in [-0.2, -0.15) is 0 Å². The average Bonchev–Trinajstić information content (AvgIpc) is 3.58. The lowest BCUT2D eigenvalue weighted by Gasteiger charge is -2.28. The minimum Gasteiger partial charge on any atom is -0.493 e. The molecular weight excluding hydrogens is 451 g/mol. The molecule has 8 nitrogen and oxygen atoms in total. The maximum atomic E-state index is 14.2. The van der Waals surface area contributed by atoms with Gasteiger partial charge < -0.3 is 25.5 Å². The second-order valence-electron chi connectivity index (χ2n) is 9.57. The highest BCUT2D eigenvalue weighted by Crippen LogP contribution is 2.38. The smallest absolute Gasteiger partial charge is 0.404 e. The first-order valence-electron chi connectivity index (χ1n) is 12.1. The zero-order valence-electron chi connectivity index (χ0n) is 19.6. The van der Waals surface area contributed by atoms with Crippen molar-refractivity contribution in [2.75, 3.05) is 6.61 Å². The number of aromatic amines is 1. The topological polar surface area (TPSA) is 116 Å². The maximum Gasteiger partial charge on any atom is 0.404 e. The van der Waals surface area contributed by atoms with Crippen molar-refractivity contribution in [1.29, 1.82) is 0 Å². The maximum absolute atomic E-state index is 14.2. The standard InChI is InChI=1S/C26H29FN4O4/c1-14-22(25(32)30-17-5-7-18(8-6-17)31-26(33)34)24-23(29-14)19(10-11-28-24)20-12-16(27)4-9-21(20)35-13-15-2-3-15/h4,9-12,15,17-18,29,31H,2-3,5-8,13H2,1H3,(H,30,32)(H,33,34)/t17-,18-. The Morgan fingerprint density at radius 3 is 2.49 bits per heavy atom. The summed E-state index contributed by atoms with van der Waals surface area (Å²) < 4.78 is 20.2. The molecule has 9 heteroatoms. The summed E-state index contributed by atoms with van der Waals surface area (Å²) >= 11 is 0. The number of amides is 2. The number of aromatic nitrogens is 2. The van der Waals surface area contributed by atoms with Crippen molar-refractivity contribution in [2.24, 2.45) is 5.92 Å². The van der Waals surface area contributed by atoms with E-state index in [9.17, 15) is 14.0 Å². The van der Waals surface area contributed by atoms with Crippen LogP contribution < -0.4 is 15.4 Å². The van der Waals surface area contributed by atoms with Crippen LogP contribution in [0, 0.1) is 18.7 Å². The summed E-state index contributed by atoms with van der Waals surface area (Å²) in [7, 11) is 0. The van der Waals surface area contributed by atoms with Crippen molar-refractivity contribution in [1.82, 2.24) is 20.6 Å². The minimum absolute atomic E-state index is 0.0347. The van der Waals surface area contributed by atoms with Crippen LogP contribution in [-0.2, 0) is 0 Å². The largest absolute Gasteiger partial charge is 0.493 e. The van der Waals surface area contributed by atoms with Crippen LogP contribution in [0.2, 0.25) is 0 Å². The van der Waals surface area contributed by atoms with Gasteiger partial charge in [-0.1, -0.05) is 0 Å². The number of pyridine rings is 1. The van der Waals surface area contributed by atoms with Gasteiger partial charge in [0, 0.05) is 35.1 Å². The zero-order chi connectivity index (χ0) is 24.5. The van der Waals surface area contributed by atoms with Gasteiger partial charge in [0.25, 0.3) is 5.91 Å². The highest BCUT2D eigenvalue weighted by atomic mass is 19.1. The van der Waals surface area contributed by atoms with Crippen LogP contribution in [0.1, 0.15) is 54.6 Å². The lowest BCUT2D eigenvalue weighted by Crippen LogP contribution is -2.43. The number of rotatable bonds is 7. The van der Waals surface area contributed by atoms with E-state index in [1.807, 2.05) is 6.92 Å². The minimum atomic E-state index is -1.02. The molecule has 2 aromatic heterocycles. The molecule has 0 saturated heterocycles. The molecule has 0 spiro atoms. The number of carbonyl (C=O) groups is 2. The van der Waals surface area contributed by atoms with Crippen LogP contribution in [-0.4, -0.2) is 45.8 Å². The summed E-state index contributed by atoms with van der Waals surface area (Å²) in [6.45, 7) is 2.43. The number of hydrogen-bond acceptors (Lipinski definition) is 4. The van der Waals surface area contributed by atoms with Crippen LogP contribution in [0.5, 0.6) is 5.75 Å². The van der Waals surface area contributed by atoms with E-state index >= 15 is 0 Å². The van der Waals surface area contributed by atoms with Gasteiger partial charge in [0.1, 0.15) is 17.1 Å². The predicted molar refractivity (Wildman–Crippen MR) is 129 cm³/mol. The van der Waals surface area contributed by atoms with Gasteiger partial charge in [0.05, 0.1) is 17.7 Å². The lowest BCUT2D eigenvalue weighted by molar-refractivity contribution is 0.0924. The fourth-order valence-corrected chi connectivity index (χ4v) is 4.85. The Hall–Kier alpha value is -3.62. The van der Waals surface area contributed by atoms with E-state index < -0.39 is 6.09 Å². The average molecular weight is 481 g/mol. The summed E-state index contributed by atoms with van der Waals surface area (Å²) in [5, 5.41) is 14.5. The summed E-state index contributed by atoms with van der Waals surface area (Å²) in [5.74, 6) is 0.578. The van der Waals surface area contributed by atoms with E-state index in [-0.39, 0.29) is 23.8 Å². The molecule has 3 aromatic rings. The van der Waals surface area contributed by atoms with Gasteiger partial charge >= 0.3 is 6.09 Å². The van der Waals surface area contributed by atoms with E-state index in [1.54, 1.807) is 18.3 Å². The number of H-pyrrole nitrogens is 1. The van der Waals surface area contributed by atoms with Crippen LogP contribution >= 0.6 is 0 Å². The number of ether oxygens (including phenoxy) is 1. The second kappa shape index (κ2) is 9.56. The molecule has 5 rings (SSSR count). The summed E-state index contributed by atoms with van der Waals surface area (Å²) in [6.07, 6.45) is 5.66. The van der Waals surface area contributed by atoms with Gasteiger partial charge in [-0.3, -0.25) is 9.78 Å². The number of nitrogens with one attached hydrogen (secondary N) is 3. The Morgan fingerprint density at radius 2 is 1.80 bits per heavy atom. The van der Waals surface area contributed by atoms with Crippen LogP contribution in [0.15, 0.2) is 30.5 Å². The molecule has 0 atom stereocenters. The lowest BCUT2D eigenvalue weighted by atomic mass is 9.91. The number of halogens is 1. The van der Waals surface area contributed by atoms with Crippen molar-refractivity contribution in [3.05, 3.63) is 47.5 Å². The van der Waals surface area contributed by atoms with Crippen molar-refractivity contribution in [3.8, 4) is 16.9 Å². The highest BCUT2D eigenvalue weighted by molar-refractivity contribution is 6.09. The Bertz CT molecular complexity index is 1260. The van der Waals surface area contributed by atoms with Gasteiger partial charge in [-0.05, 0) is 75.6 Å². The molecular formula is C26H29FN4O4. The number of carboxylic acid groups (broad SMARTS) is 1. The third-order valence-electron chi connectivity index (χ3n) is 6.90. The van der Waals surface area contributed by atoms with Crippen molar-refractivity contribution < 1.29 is 23.8 Å².